The number of hydrogen-bond donors (Lipinski definition) is 2. The normalized spacial score (nSPS) is 21.6. The van der Waals surface area contributed by atoms with Gasteiger partial charge in [-0.1, -0.05) is 61.0 Å². The van der Waals surface area contributed by atoms with Crippen molar-refractivity contribution < 1.29 is 14.4 Å². The third-order valence-electron chi connectivity index (χ3n) is 7.68. The maximum Gasteiger partial charge on any atom is 0.255 e. The summed E-state index contributed by atoms with van der Waals surface area (Å²) in [6, 6.07) is 22.1. The second-order valence-electron chi connectivity index (χ2n) is 10.1. The molecule has 3 aliphatic carbocycles. The van der Waals surface area contributed by atoms with Crippen LogP contribution in [0.15, 0.2) is 78.2 Å². The maximum atomic E-state index is 13.6. The minimum absolute atomic E-state index is 0.120. The van der Waals surface area contributed by atoms with E-state index >= 15 is 0 Å². The molecule has 4 aromatic rings. The minimum Gasteiger partial charge on any atom is -0.322 e. The Morgan fingerprint density at radius 1 is 1.00 bits per heavy atom. The van der Waals surface area contributed by atoms with Crippen LogP contribution in [-0.2, 0) is 9.59 Å². The lowest BCUT2D eigenvalue weighted by Crippen LogP contribution is -2.49. The van der Waals surface area contributed by atoms with E-state index in [1.54, 1.807) is 42.5 Å². The Hall–Kier alpha value is -3.81. The van der Waals surface area contributed by atoms with Crippen LogP contribution in [0.5, 0.6) is 0 Å². The third kappa shape index (κ3) is 4.31. The van der Waals surface area contributed by atoms with Gasteiger partial charge in [0.25, 0.3) is 5.91 Å². The number of carbonyl (C=O) groups excluding carboxylic acids is 3. The fourth-order valence-electron chi connectivity index (χ4n) is 5.67. The number of anilines is 2. The second kappa shape index (κ2) is 9.49. The molecule has 3 aliphatic rings. The number of benzene rings is 3. The predicted octanol–water partition coefficient (Wildman–Crippen LogP) is 6.90. The molecule has 190 valence electrons. The quantitative estimate of drug-likeness (QED) is 0.287. The Bertz CT molecular complexity index is 1600. The topological polar surface area (TPSA) is 88.2 Å². The predicted molar refractivity (Wildman–Crippen MR) is 150 cm³/mol. The summed E-state index contributed by atoms with van der Waals surface area (Å²) >= 11 is 7.35. The van der Waals surface area contributed by atoms with E-state index in [1.807, 2.05) is 42.6 Å². The molecule has 2 bridgehead atoms. The first-order valence-corrected chi connectivity index (χ1v) is 13.6. The number of carbonyl (C=O) groups is 3. The molecule has 0 spiro atoms. The zero-order valence-electron chi connectivity index (χ0n) is 20.5. The van der Waals surface area contributed by atoms with Crippen molar-refractivity contribution in [2.75, 3.05) is 10.6 Å². The number of aromatic nitrogens is 1. The molecular weight excluding hydrogens is 518 g/mol. The number of nitrogens with zero attached hydrogens (tertiary/aromatic N) is 1. The number of Topliss-reactive ketones (excluding diaryl/α,β-unsaturated/α-hetero) is 1. The average Bonchev–Trinajstić information content (AvgIpc) is 3.38. The van der Waals surface area contributed by atoms with Crippen LogP contribution in [0, 0.1) is 5.41 Å². The molecule has 2 N–H and O–H groups in total. The Morgan fingerprint density at radius 2 is 1.79 bits per heavy atom. The summed E-state index contributed by atoms with van der Waals surface area (Å²) in [5.41, 5.74) is 4.00. The van der Waals surface area contributed by atoms with Crippen molar-refractivity contribution in [2.45, 2.75) is 31.6 Å². The van der Waals surface area contributed by atoms with Gasteiger partial charge in [-0.05, 0) is 47.9 Å². The average molecular weight is 542 g/mol. The van der Waals surface area contributed by atoms with Gasteiger partial charge in [-0.15, -0.1) is 11.3 Å². The molecule has 0 saturated heterocycles. The van der Waals surface area contributed by atoms with Crippen LogP contribution < -0.4 is 10.6 Å². The first-order valence-electron chi connectivity index (χ1n) is 12.4. The lowest BCUT2D eigenvalue weighted by Gasteiger charge is -2.48. The Morgan fingerprint density at radius 3 is 2.61 bits per heavy atom. The van der Waals surface area contributed by atoms with Crippen molar-refractivity contribution >= 4 is 51.4 Å². The number of amides is 2. The maximum absolute atomic E-state index is 13.6. The molecule has 3 aromatic carbocycles. The van der Waals surface area contributed by atoms with Crippen LogP contribution in [0.3, 0.4) is 0 Å². The van der Waals surface area contributed by atoms with E-state index in [9.17, 15) is 14.4 Å². The van der Waals surface area contributed by atoms with Gasteiger partial charge in [0, 0.05) is 45.5 Å². The Labute approximate surface area is 229 Å². The van der Waals surface area contributed by atoms with Crippen LogP contribution >= 0.6 is 22.9 Å². The molecule has 8 heteroatoms. The summed E-state index contributed by atoms with van der Waals surface area (Å²) in [5, 5.41) is 8.75. The van der Waals surface area contributed by atoms with Gasteiger partial charge in [-0.25, -0.2) is 4.98 Å². The molecule has 2 amide bonds. The molecule has 38 heavy (non-hydrogen) atoms. The van der Waals surface area contributed by atoms with Gasteiger partial charge in [0.15, 0.2) is 5.13 Å². The summed E-state index contributed by atoms with van der Waals surface area (Å²) in [4.78, 5) is 43.7. The van der Waals surface area contributed by atoms with Crippen molar-refractivity contribution in [1.82, 2.24) is 4.98 Å². The molecule has 1 saturated carbocycles. The van der Waals surface area contributed by atoms with Crippen LogP contribution in [0.1, 0.15) is 53.1 Å². The fraction of sp³-hybridized carbons (Fsp3) is 0.200. The first kappa shape index (κ1) is 24.5. The van der Waals surface area contributed by atoms with Crippen LogP contribution in [0.2, 0.25) is 5.02 Å². The number of rotatable bonds is 5. The summed E-state index contributed by atoms with van der Waals surface area (Å²) in [7, 11) is 0. The van der Waals surface area contributed by atoms with Crippen LogP contribution in [-0.4, -0.2) is 22.6 Å². The zero-order chi connectivity index (χ0) is 26.4. The summed E-state index contributed by atoms with van der Waals surface area (Å²) in [6.07, 6.45) is 0.889. The van der Waals surface area contributed by atoms with E-state index in [0.717, 1.165) is 16.7 Å². The van der Waals surface area contributed by atoms with E-state index in [4.69, 9.17) is 11.6 Å². The molecule has 1 heterocycles. The fourth-order valence-corrected chi connectivity index (χ4v) is 6.58. The van der Waals surface area contributed by atoms with E-state index in [-0.39, 0.29) is 29.4 Å². The number of halogens is 1. The van der Waals surface area contributed by atoms with Crippen molar-refractivity contribution in [2.24, 2.45) is 5.41 Å². The molecule has 1 fully saturated rings. The molecule has 7 rings (SSSR count). The van der Waals surface area contributed by atoms with E-state index in [2.05, 4.69) is 15.6 Å². The Kier molecular flexibility index (Phi) is 6.13. The molecule has 1 aromatic heterocycles. The molecular formula is C30H24ClN3O3S. The van der Waals surface area contributed by atoms with E-state index in [1.165, 1.54) is 11.3 Å². The van der Waals surface area contributed by atoms with Crippen molar-refractivity contribution in [3.63, 3.8) is 0 Å². The highest BCUT2D eigenvalue weighted by atomic mass is 35.5. The van der Waals surface area contributed by atoms with E-state index < -0.39 is 5.41 Å². The van der Waals surface area contributed by atoms with Crippen molar-refractivity contribution in [3.05, 3.63) is 99.9 Å². The summed E-state index contributed by atoms with van der Waals surface area (Å²) in [6.45, 7) is 1.96. The molecule has 0 aliphatic heterocycles. The zero-order valence-corrected chi connectivity index (χ0v) is 22.1. The van der Waals surface area contributed by atoms with Gasteiger partial charge < -0.3 is 10.6 Å². The smallest absolute Gasteiger partial charge is 0.255 e. The van der Waals surface area contributed by atoms with Crippen molar-refractivity contribution in [3.8, 4) is 11.3 Å². The number of hydrogen-bond acceptors (Lipinski definition) is 5. The molecule has 3 atom stereocenters. The van der Waals surface area contributed by atoms with Gasteiger partial charge in [0.2, 0.25) is 5.91 Å². The highest BCUT2D eigenvalue weighted by Crippen LogP contribution is 2.57. The lowest BCUT2D eigenvalue weighted by atomic mass is 9.54. The number of thiazole rings is 1. The van der Waals surface area contributed by atoms with Gasteiger partial charge >= 0.3 is 0 Å². The van der Waals surface area contributed by atoms with Gasteiger partial charge in [0.1, 0.15) is 5.78 Å². The van der Waals surface area contributed by atoms with Crippen LogP contribution in [0.25, 0.3) is 11.3 Å². The molecule has 0 radical (unpaired) electrons. The standard InChI is InChI=1S/C30H24ClN3O3S/c1-30(15-23-21-10-2-3-11-22(21)24(30)14-26(23)35)28(37)34-29-33-25(16-38-29)17-6-4-7-18(12-17)27(36)32-20-9-5-8-19(31)13-20/h2-13,16,23-24H,14-15H2,1H3,(H,32,36)(H,33,34,37). The molecule has 3 unspecified atom stereocenters. The van der Waals surface area contributed by atoms with Gasteiger partial charge in [-0.2, -0.15) is 0 Å². The Balaban J connectivity index is 1.19. The van der Waals surface area contributed by atoms with Crippen molar-refractivity contribution in [1.29, 1.82) is 0 Å². The highest BCUT2D eigenvalue weighted by molar-refractivity contribution is 7.14. The number of nitrogens with one attached hydrogen (secondary N) is 2. The summed E-state index contributed by atoms with van der Waals surface area (Å²) < 4.78 is 0. The monoisotopic (exact) mass is 541 g/mol. The minimum atomic E-state index is -0.697. The first-order chi connectivity index (χ1) is 18.3. The SMILES string of the molecule is CC1(C(=O)Nc2nc(-c3cccc(C(=O)Nc4cccc(Cl)c4)c3)cs2)CC2C(=O)CC1c1ccccc12. The van der Waals surface area contributed by atoms with Gasteiger partial charge in [0.05, 0.1) is 11.1 Å². The second-order valence-corrected chi connectivity index (χ2v) is 11.4. The van der Waals surface area contributed by atoms with Crippen LogP contribution in [0.4, 0.5) is 10.8 Å². The number of fused-ring (bicyclic) bond motifs is 2. The summed E-state index contributed by atoms with van der Waals surface area (Å²) in [5.74, 6) is -0.544. The molecule has 6 nitrogen and oxygen atoms in total. The van der Waals surface area contributed by atoms with Gasteiger partial charge in [-0.3, -0.25) is 14.4 Å². The van der Waals surface area contributed by atoms with E-state index in [0.29, 0.717) is 39.9 Å². The number of ketones is 1. The largest absolute Gasteiger partial charge is 0.322 e. The third-order valence-corrected chi connectivity index (χ3v) is 8.68. The lowest BCUT2D eigenvalue weighted by molar-refractivity contribution is -0.134. The highest BCUT2D eigenvalue weighted by Gasteiger charge is 2.54.